The lowest BCUT2D eigenvalue weighted by molar-refractivity contribution is -0.384. The molecule has 0 aliphatic rings. The standard InChI is InChI=1S/C17H16N2O5/c1-11-6-7-16(24-2)14(8-11)18-17(21)10-15(20)12-4-3-5-13(9-12)19(22)23/h3-9H,10H2,1-2H3,(H,18,21). The average molecular weight is 328 g/mol. The Balaban J connectivity index is 2.10. The summed E-state index contributed by atoms with van der Waals surface area (Å²) in [4.78, 5) is 34.4. The van der Waals surface area contributed by atoms with Gasteiger partial charge in [0, 0.05) is 17.7 Å². The highest BCUT2D eigenvalue weighted by Gasteiger charge is 2.16. The molecule has 1 N–H and O–H groups in total. The molecular weight excluding hydrogens is 312 g/mol. The normalized spacial score (nSPS) is 10.1. The summed E-state index contributed by atoms with van der Waals surface area (Å²) in [5, 5.41) is 13.4. The molecule has 0 aliphatic carbocycles. The number of carbonyl (C=O) groups excluding carboxylic acids is 2. The fourth-order valence-electron chi connectivity index (χ4n) is 2.15. The van der Waals surface area contributed by atoms with Crippen LogP contribution in [-0.2, 0) is 4.79 Å². The van der Waals surface area contributed by atoms with Crippen LogP contribution in [0.3, 0.4) is 0 Å². The number of hydrogen-bond donors (Lipinski definition) is 1. The molecule has 0 spiro atoms. The Labute approximate surface area is 138 Å². The molecular formula is C17H16N2O5. The Hall–Kier alpha value is -3.22. The number of methoxy groups -OCH3 is 1. The molecule has 0 saturated carbocycles. The molecule has 2 aromatic carbocycles. The van der Waals surface area contributed by atoms with Gasteiger partial charge in [0.15, 0.2) is 5.78 Å². The van der Waals surface area contributed by atoms with Crippen molar-refractivity contribution in [1.82, 2.24) is 0 Å². The Morgan fingerprint density at radius 2 is 1.96 bits per heavy atom. The minimum Gasteiger partial charge on any atom is -0.495 e. The Morgan fingerprint density at radius 1 is 1.21 bits per heavy atom. The molecule has 0 radical (unpaired) electrons. The van der Waals surface area contributed by atoms with Gasteiger partial charge in [0.2, 0.25) is 5.91 Å². The number of benzene rings is 2. The highest BCUT2D eigenvalue weighted by Crippen LogP contribution is 2.25. The quantitative estimate of drug-likeness (QED) is 0.380. The van der Waals surface area contributed by atoms with Crippen molar-refractivity contribution in [2.45, 2.75) is 13.3 Å². The van der Waals surface area contributed by atoms with Gasteiger partial charge in [-0.05, 0) is 24.6 Å². The zero-order valence-electron chi connectivity index (χ0n) is 13.2. The lowest BCUT2D eigenvalue weighted by atomic mass is 10.1. The van der Waals surface area contributed by atoms with Crippen LogP contribution >= 0.6 is 0 Å². The summed E-state index contributed by atoms with van der Waals surface area (Å²) in [6, 6.07) is 10.6. The molecule has 1 amide bonds. The van der Waals surface area contributed by atoms with Crippen LogP contribution in [0.15, 0.2) is 42.5 Å². The number of rotatable bonds is 6. The molecule has 2 rings (SSSR count). The fourth-order valence-corrected chi connectivity index (χ4v) is 2.15. The highest BCUT2D eigenvalue weighted by molar-refractivity contribution is 6.11. The second kappa shape index (κ2) is 7.36. The number of carbonyl (C=O) groups is 2. The molecule has 7 heteroatoms. The second-order valence-corrected chi connectivity index (χ2v) is 5.16. The van der Waals surface area contributed by atoms with E-state index in [1.54, 1.807) is 12.1 Å². The van der Waals surface area contributed by atoms with E-state index in [0.717, 1.165) is 11.6 Å². The largest absolute Gasteiger partial charge is 0.495 e. The smallest absolute Gasteiger partial charge is 0.270 e. The molecule has 0 heterocycles. The first-order valence-corrected chi connectivity index (χ1v) is 7.13. The van der Waals surface area contributed by atoms with Crippen molar-refractivity contribution in [2.75, 3.05) is 12.4 Å². The summed E-state index contributed by atoms with van der Waals surface area (Å²) in [7, 11) is 1.48. The van der Waals surface area contributed by atoms with Crippen molar-refractivity contribution in [1.29, 1.82) is 0 Å². The third kappa shape index (κ3) is 4.16. The van der Waals surface area contributed by atoms with Gasteiger partial charge in [-0.3, -0.25) is 19.7 Å². The van der Waals surface area contributed by atoms with Crippen LogP contribution in [0.5, 0.6) is 5.75 Å². The maximum atomic E-state index is 12.1. The van der Waals surface area contributed by atoms with Crippen LogP contribution in [0.2, 0.25) is 0 Å². The second-order valence-electron chi connectivity index (χ2n) is 5.16. The molecule has 0 aliphatic heterocycles. The Kier molecular flexibility index (Phi) is 5.26. The first-order valence-electron chi connectivity index (χ1n) is 7.13. The molecule has 0 bridgehead atoms. The van der Waals surface area contributed by atoms with E-state index in [4.69, 9.17) is 4.74 Å². The van der Waals surface area contributed by atoms with Crippen molar-refractivity contribution >= 4 is 23.1 Å². The number of amides is 1. The summed E-state index contributed by atoms with van der Waals surface area (Å²) < 4.78 is 5.16. The lowest BCUT2D eigenvalue weighted by Gasteiger charge is -2.10. The van der Waals surface area contributed by atoms with Crippen molar-refractivity contribution in [3.8, 4) is 5.75 Å². The van der Waals surface area contributed by atoms with E-state index >= 15 is 0 Å². The summed E-state index contributed by atoms with van der Waals surface area (Å²) in [6.45, 7) is 1.86. The first-order chi connectivity index (χ1) is 11.4. The van der Waals surface area contributed by atoms with Crippen LogP contribution in [0.4, 0.5) is 11.4 Å². The maximum absolute atomic E-state index is 12.1. The third-order valence-corrected chi connectivity index (χ3v) is 3.33. The van der Waals surface area contributed by atoms with E-state index in [0.29, 0.717) is 11.4 Å². The number of ketones is 1. The number of Topliss-reactive ketones (excluding diaryl/α,β-unsaturated/α-hetero) is 1. The molecule has 0 aromatic heterocycles. The summed E-state index contributed by atoms with van der Waals surface area (Å²) in [5.41, 5.74) is 1.32. The number of nitro groups is 1. The van der Waals surface area contributed by atoms with Gasteiger partial charge in [-0.25, -0.2) is 0 Å². The van der Waals surface area contributed by atoms with E-state index in [9.17, 15) is 19.7 Å². The zero-order valence-corrected chi connectivity index (χ0v) is 13.2. The number of aryl methyl sites for hydroxylation is 1. The molecule has 0 unspecified atom stereocenters. The highest BCUT2D eigenvalue weighted by atomic mass is 16.6. The van der Waals surface area contributed by atoms with Gasteiger partial charge in [-0.1, -0.05) is 18.2 Å². The van der Waals surface area contributed by atoms with E-state index in [1.165, 1.54) is 25.3 Å². The summed E-state index contributed by atoms with van der Waals surface area (Å²) >= 11 is 0. The number of nitrogens with one attached hydrogen (secondary N) is 1. The van der Waals surface area contributed by atoms with Crippen molar-refractivity contribution in [3.05, 3.63) is 63.7 Å². The Bertz CT molecular complexity index is 801. The minimum absolute atomic E-state index is 0.121. The van der Waals surface area contributed by atoms with Gasteiger partial charge >= 0.3 is 0 Å². The van der Waals surface area contributed by atoms with Crippen molar-refractivity contribution in [2.24, 2.45) is 0 Å². The van der Waals surface area contributed by atoms with Crippen molar-refractivity contribution in [3.63, 3.8) is 0 Å². The first kappa shape index (κ1) is 17.1. The van der Waals surface area contributed by atoms with E-state index in [1.807, 2.05) is 13.0 Å². The number of hydrogen-bond acceptors (Lipinski definition) is 5. The van der Waals surface area contributed by atoms with Gasteiger partial charge in [0.05, 0.1) is 24.1 Å². The number of nitro benzene ring substituents is 1. The van der Waals surface area contributed by atoms with Gasteiger partial charge in [-0.15, -0.1) is 0 Å². The molecule has 0 fully saturated rings. The van der Waals surface area contributed by atoms with Crippen LogP contribution in [0, 0.1) is 17.0 Å². The fraction of sp³-hybridized carbons (Fsp3) is 0.176. The van der Waals surface area contributed by atoms with Crippen LogP contribution in [0.25, 0.3) is 0 Å². The molecule has 0 saturated heterocycles. The van der Waals surface area contributed by atoms with Gasteiger partial charge in [-0.2, -0.15) is 0 Å². The zero-order chi connectivity index (χ0) is 17.7. The molecule has 2 aromatic rings. The number of non-ortho nitro benzene ring substituents is 1. The van der Waals surface area contributed by atoms with Crippen LogP contribution in [0.1, 0.15) is 22.3 Å². The number of ether oxygens (including phenoxy) is 1. The van der Waals surface area contributed by atoms with E-state index in [-0.39, 0.29) is 11.3 Å². The monoisotopic (exact) mass is 328 g/mol. The lowest BCUT2D eigenvalue weighted by Crippen LogP contribution is -2.17. The van der Waals surface area contributed by atoms with E-state index < -0.39 is 23.0 Å². The topological polar surface area (TPSA) is 98.5 Å². The summed E-state index contributed by atoms with van der Waals surface area (Å²) in [6.07, 6.45) is -0.418. The predicted molar refractivity (Wildman–Crippen MR) is 88.4 cm³/mol. The average Bonchev–Trinajstić information content (AvgIpc) is 2.55. The van der Waals surface area contributed by atoms with E-state index in [2.05, 4.69) is 5.32 Å². The predicted octanol–water partition coefficient (Wildman–Crippen LogP) is 3.12. The molecule has 124 valence electrons. The Morgan fingerprint density at radius 3 is 2.62 bits per heavy atom. The maximum Gasteiger partial charge on any atom is 0.270 e. The molecule has 0 atom stereocenters. The van der Waals surface area contributed by atoms with Gasteiger partial charge < -0.3 is 10.1 Å². The minimum atomic E-state index is -0.589. The van der Waals surface area contributed by atoms with Crippen LogP contribution in [-0.4, -0.2) is 23.7 Å². The van der Waals surface area contributed by atoms with Crippen LogP contribution < -0.4 is 10.1 Å². The number of nitrogens with zero attached hydrogens (tertiary/aromatic N) is 1. The third-order valence-electron chi connectivity index (χ3n) is 3.33. The molecule has 24 heavy (non-hydrogen) atoms. The van der Waals surface area contributed by atoms with Gasteiger partial charge in [0.1, 0.15) is 5.75 Å². The van der Waals surface area contributed by atoms with Crippen molar-refractivity contribution < 1.29 is 19.2 Å². The SMILES string of the molecule is COc1ccc(C)cc1NC(=O)CC(=O)c1cccc([N+](=O)[O-])c1. The number of anilines is 1. The van der Waals surface area contributed by atoms with Gasteiger partial charge in [0.25, 0.3) is 5.69 Å². The molecule has 7 nitrogen and oxygen atoms in total. The summed E-state index contributed by atoms with van der Waals surface area (Å²) in [5.74, 6) is -0.532.